The van der Waals surface area contributed by atoms with Crippen LogP contribution in [0, 0.1) is 0 Å². The third kappa shape index (κ3) is 5.09. The van der Waals surface area contributed by atoms with E-state index in [1.165, 1.54) is 11.8 Å². The van der Waals surface area contributed by atoms with Crippen LogP contribution in [-0.2, 0) is 28.6 Å². The molecule has 1 aromatic carbocycles. The van der Waals surface area contributed by atoms with Crippen molar-refractivity contribution in [3.63, 3.8) is 0 Å². The van der Waals surface area contributed by atoms with Gasteiger partial charge in [-0.1, -0.05) is 12.1 Å². The van der Waals surface area contributed by atoms with Crippen molar-refractivity contribution in [2.24, 2.45) is 0 Å². The van der Waals surface area contributed by atoms with Crippen LogP contribution in [-0.4, -0.2) is 51.5 Å². The minimum atomic E-state index is -1.45. The average molecular weight is 457 g/mol. The molecule has 1 fully saturated rings. The van der Waals surface area contributed by atoms with Gasteiger partial charge in [-0.05, 0) is 42.0 Å². The van der Waals surface area contributed by atoms with Crippen molar-refractivity contribution in [2.75, 3.05) is 24.7 Å². The molecule has 9 heteroatoms. The topological polar surface area (TPSA) is 101 Å². The van der Waals surface area contributed by atoms with Crippen LogP contribution in [0.5, 0.6) is 5.88 Å². The van der Waals surface area contributed by atoms with Crippen LogP contribution in [0.3, 0.4) is 0 Å². The summed E-state index contributed by atoms with van der Waals surface area (Å²) in [5, 5.41) is 2.92. The third-order valence-corrected chi connectivity index (χ3v) is 6.45. The molecule has 0 saturated carbocycles. The Morgan fingerprint density at radius 2 is 1.97 bits per heavy atom. The van der Waals surface area contributed by atoms with Crippen LogP contribution in [0.1, 0.15) is 37.3 Å². The number of carbonyl (C=O) groups is 2. The summed E-state index contributed by atoms with van der Waals surface area (Å²) in [5.74, 6) is 0.616. The zero-order valence-corrected chi connectivity index (χ0v) is 19.2. The first-order valence-corrected chi connectivity index (χ1v) is 12.4. The van der Waals surface area contributed by atoms with E-state index in [4.69, 9.17) is 4.74 Å². The minimum absolute atomic E-state index is 0.0104. The molecule has 1 unspecified atom stereocenters. The van der Waals surface area contributed by atoms with Crippen molar-refractivity contribution in [2.45, 2.75) is 45.1 Å². The first kappa shape index (κ1) is 22.3. The Morgan fingerprint density at radius 1 is 1.19 bits per heavy atom. The van der Waals surface area contributed by atoms with Gasteiger partial charge in [0.25, 0.3) is 0 Å². The summed E-state index contributed by atoms with van der Waals surface area (Å²) in [6, 6.07) is 7.40. The number of carbonyl (C=O) groups excluding carboxylic acids is 2. The van der Waals surface area contributed by atoms with Crippen LogP contribution >= 0.6 is 0 Å². The van der Waals surface area contributed by atoms with Crippen LogP contribution < -0.4 is 14.8 Å². The molecular formula is C23H28N4O4S. The number of anilines is 1. The highest BCUT2D eigenvalue weighted by molar-refractivity contribution is 7.82. The summed E-state index contributed by atoms with van der Waals surface area (Å²) < 4.78 is 19.9. The highest BCUT2D eigenvalue weighted by atomic mass is 32.2. The fourth-order valence-electron chi connectivity index (χ4n) is 4.42. The van der Waals surface area contributed by atoms with Gasteiger partial charge >= 0.3 is 6.03 Å². The largest absolute Gasteiger partial charge is 0.474 e. The maximum Gasteiger partial charge on any atom is 0.331 e. The first-order valence-electron chi connectivity index (χ1n) is 10.8. The molecule has 0 spiro atoms. The Kier molecular flexibility index (Phi) is 6.74. The predicted octanol–water partition coefficient (Wildman–Crippen LogP) is 3.04. The van der Waals surface area contributed by atoms with E-state index >= 15 is 0 Å². The van der Waals surface area contributed by atoms with E-state index < -0.39 is 17.0 Å². The molecule has 8 nitrogen and oxygen atoms in total. The van der Waals surface area contributed by atoms with Crippen molar-refractivity contribution in [1.82, 2.24) is 14.6 Å². The lowest BCUT2D eigenvalue weighted by molar-refractivity contribution is -0.130. The van der Waals surface area contributed by atoms with Crippen LogP contribution in [0.15, 0.2) is 30.5 Å². The number of rotatable bonds is 5. The Bertz CT molecular complexity index is 1050. The number of hydrogen-bond donors (Lipinski definition) is 2. The molecule has 1 aliphatic heterocycles. The highest BCUT2D eigenvalue weighted by Crippen LogP contribution is 2.38. The van der Waals surface area contributed by atoms with Gasteiger partial charge in [0.2, 0.25) is 11.8 Å². The lowest BCUT2D eigenvalue weighted by atomic mass is 9.98. The van der Waals surface area contributed by atoms with Crippen LogP contribution in [0.4, 0.5) is 10.5 Å². The standard InChI is InChI=1S/C23H28N4O4S/c1-15(28)27-12-9-18(10-13-27)31-21-14-17(8-11-24-21)20-7-6-16-4-3-5-19(16)22(20)25-23(29)26-32(2)30/h6-8,11,14,18H,3-5,9-10,12-13H2,1-2H3,(H2,25,26,29). The first-order chi connectivity index (χ1) is 15.4. The van der Waals surface area contributed by atoms with Crippen molar-refractivity contribution >= 4 is 28.6 Å². The van der Waals surface area contributed by atoms with Gasteiger partial charge in [0.1, 0.15) is 17.1 Å². The van der Waals surface area contributed by atoms with Gasteiger partial charge in [-0.2, -0.15) is 0 Å². The van der Waals surface area contributed by atoms with E-state index in [1.807, 2.05) is 23.1 Å². The Morgan fingerprint density at radius 3 is 2.69 bits per heavy atom. The third-order valence-electron chi connectivity index (χ3n) is 5.98. The van der Waals surface area contributed by atoms with Gasteiger partial charge in [-0.3, -0.25) is 9.52 Å². The normalized spacial score (nSPS) is 16.9. The predicted molar refractivity (Wildman–Crippen MR) is 124 cm³/mol. The molecule has 2 aromatic rings. The maximum absolute atomic E-state index is 12.3. The number of urea groups is 1. The van der Waals surface area contributed by atoms with Crippen molar-refractivity contribution in [1.29, 1.82) is 0 Å². The van der Waals surface area contributed by atoms with Crippen molar-refractivity contribution in [3.05, 3.63) is 41.6 Å². The number of aromatic nitrogens is 1. The fraction of sp³-hybridized carbons (Fsp3) is 0.435. The highest BCUT2D eigenvalue weighted by Gasteiger charge is 2.23. The van der Waals surface area contributed by atoms with Crippen molar-refractivity contribution in [3.8, 4) is 17.0 Å². The smallest absolute Gasteiger partial charge is 0.331 e. The number of aryl methyl sites for hydroxylation is 1. The molecule has 2 N–H and O–H groups in total. The Hall–Kier alpha value is -2.94. The molecular weight excluding hydrogens is 428 g/mol. The lowest BCUT2D eigenvalue weighted by Crippen LogP contribution is -2.40. The van der Waals surface area contributed by atoms with E-state index in [2.05, 4.69) is 21.1 Å². The van der Waals surface area contributed by atoms with Gasteiger partial charge in [0, 0.05) is 56.9 Å². The summed E-state index contributed by atoms with van der Waals surface area (Å²) in [6.07, 6.45) is 7.58. The summed E-state index contributed by atoms with van der Waals surface area (Å²) in [7, 11) is -1.45. The number of fused-ring (bicyclic) bond motifs is 1. The molecule has 2 aliphatic rings. The zero-order valence-electron chi connectivity index (χ0n) is 18.3. The second-order valence-electron chi connectivity index (χ2n) is 8.20. The number of amides is 3. The molecule has 4 rings (SSSR count). The lowest BCUT2D eigenvalue weighted by Gasteiger charge is -2.31. The molecule has 2 heterocycles. The molecule has 3 amide bonds. The minimum Gasteiger partial charge on any atom is -0.474 e. The summed E-state index contributed by atoms with van der Waals surface area (Å²) in [4.78, 5) is 30.1. The average Bonchev–Trinajstić information content (AvgIpc) is 3.23. The maximum atomic E-state index is 12.3. The number of ether oxygens (including phenoxy) is 1. The van der Waals surface area contributed by atoms with E-state index in [9.17, 15) is 13.8 Å². The van der Waals surface area contributed by atoms with E-state index in [-0.39, 0.29) is 12.0 Å². The van der Waals surface area contributed by atoms with Gasteiger partial charge in [-0.25, -0.2) is 14.0 Å². The van der Waals surface area contributed by atoms with Crippen LogP contribution in [0.25, 0.3) is 11.1 Å². The van der Waals surface area contributed by atoms with E-state index in [1.54, 1.807) is 13.1 Å². The van der Waals surface area contributed by atoms with E-state index in [0.29, 0.717) is 19.0 Å². The number of nitrogens with one attached hydrogen (secondary N) is 2. The van der Waals surface area contributed by atoms with Crippen LogP contribution in [0.2, 0.25) is 0 Å². The van der Waals surface area contributed by atoms with Gasteiger partial charge in [-0.15, -0.1) is 0 Å². The molecule has 0 radical (unpaired) electrons. The zero-order chi connectivity index (χ0) is 22.7. The number of piperidine rings is 1. The summed E-state index contributed by atoms with van der Waals surface area (Å²) >= 11 is 0. The van der Waals surface area contributed by atoms with Gasteiger partial charge in [0.05, 0.1) is 5.69 Å². The number of hydrogen-bond acceptors (Lipinski definition) is 5. The molecule has 1 atom stereocenters. The van der Waals surface area contributed by atoms with Gasteiger partial charge < -0.3 is 15.0 Å². The SMILES string of the molecule is CC(=O)N1CCC(Oc2cc(-c3ccc4c(c3NC(=O)NS(C)=O)CCC4)ccn2)CC1. The number of nitrogens with zero attached hydrogens (tertiary/aromatic N) is 2. The number of benzene rings is 1. The molecule has 1 aromatic heterocycles. The van der Waals surface area contributed by atoms with Crippen molar-refractivity contribution < 1.29 is 18.5 Å². The van der Waals surface area contributed by atoms with Gasteiger partial charge in [0.15, 0.2) is 0 Å². The molecule has 1 aliphatic carbocycles. The number of pyridine rings is 1. The molecule has 170 valence electrons. The monoisotopic (exact) mass is 456 g/mol. The Balaban J connectivity index is 1.57. The molecule has 1 saturated heterocycles. The number of likely N-dealkylation sites (tertiary alicyclic amines) is 1. The van der Waals surface area contributed by atoms with E-state index in [0.717, 1.165) is 54.5 Å². The quantitative estimate of drug-likeness (QED) is 0.720. The Labute approximate surface area is 190 Å². The fourth-order valence-corrected chi connectivity index (χ4v) is 4.73. The molecule has 32 heavy (non-hydrogen) atoms. The second-order valence-corrected chi connectivity index (χ2v) is 9.31. The second kappa shape index (κ2) is 9.68. The summed E-state index contributed by atoms with van der Waals surface area (Å²) in [6.45, 7) is 2.96. The molecule has 0 bridgehead atoms. The summed E-state index contributed by atoms with van der Waals surface area (Å²) in [5.41, 5.74) is 4.86.